The van der Waals surface area contributed by atoms with Crippen molar-refractivity contribution in [2.24, 2.45) is 0 Å². The quantitative estimate of drug-likeness (QED) is 0.890. The first kappa shape index (κ1) is 14.9. The van der Waals surface area contributed by atoms with E-state index in [1.165, 1.54) is 30.7 Å². The van der Waals surface area contributed by atoms with Gasteiger partial charge in [-0.15, -0.1) is 0 Å². The third-order valence-corrected chi connectivity index (χ3v) is 4.64. The summed E-state index contributed by atoms with van der Waals surface area (Å²) in [5.74, 6) is 1.26. The number of nitrogens with zero attached hydrogens (tertiary/aromatic N) is 1. The maximum atomic E-state index is 3.69. The number of hydrogen-bond donors (Lipinski definition) is 1. The first-order chi connectivity index (χ1) is 9.31. The van der Waals surface area contributed by atoms with Gasteiger partial charge in [0.25, 0.3) is 0 Å². The Kier molecular flexibility index (Phi) is 6.21. The molecule has 1 aliphatic rings. The Morgan fingerprint density at radius 2 is 2.16 bits per heavy atom. The van der Waals surface area contributed by atoms with Crippen molar-refractivity contribution in [3.05, 3.63) is 35.9 Å². The summed E-state index contributed by atoms with van der Waals surface area (Å²) in [6, 6.07) is 12.0. The minimum Gasteiger partial charge on any atom is -0.309 e. The summed E-state index contributed by atoms with van der Waals surface area (Å²) in [4.78, 5) is 2.66. The van der Waals surface area contributed by atoms with Crippen molar-refractivity contribution in [2.75, 3.05) is 31.6 Å². The molecule has 2 unspecified atom stereocenters. The lowest BCUT2D eigenvalue weighted by Gasteiger charge is -2.30. The van der Waals surface area contributed by atoms with Gasteiger partial charge in [-0.1, -0.05) is 30.3 Å². The van der Waals surface area contributed by atoms with E-state index in [1.807, 2.05) is 11.8 Å². The fourth-order valence-electron chi connectivity index (χ4n) is 2.73. The summed E-state index contributed by atoms with van der Waals surface area (Å²) >= 11 is 1.95. The summed E-state index contributed by atoms with van der Waals surface area (Å²) in [5.41, 5.74) is 1.42. The average Bonchev–Trinajstić information content (AvgIpc) is 2.71. The zero-order chi connectivity index (χ0) is 13.5. The molecule has 19 heavy (non-hydrogen) atoms. The van der Waals surface area contributed by atoms with Crippen LogP contribution in [0.1, 0.15) is 31.4 Å². The fraction of sp³-hybridized carbons (Fsp3) is 0.625. The SMILES string of the molecule is CSCCC(C)N1CCCNC(c2ccccc2)C1. The second-order valence-electron chi connectivity index (χ2n) is 5.40. The summed E-state index contributed by atoms with van der Waals surface area (Å²) in [5, 5.41) is 3.69. The zero-order valence-corrected chi connectivity index (χ0v) is 13.0. The number of hydrogen-bond acceptors (Lipinski definition) is 3. The van der Waals surface area contributed by atoms with Crippen LogP contribution in [0.25, 0.3) is 0 Å². The summed E-state index contributed by atoms with van der Waals surface area (Å²) < 4.78 is 0. The van der Waals surface area contributed by atoms with Crippen LogP contribution in [-0.2, 0) is 0 Å². The zero-order valence-electron chi connectivity index (χ0n) is 12.1. The topological polar surface area (TPSA) is 15.3 Å². The van der Waals surface area contributed by atoms with Crippen LogP contribution in [0.4, 0.5) is 0 Å². The van der Waals surface area contributed by atoms with Crippen LogP contribution in [0.5, 0.6) is 0 Å². The van der Waals surface area contributed by atoms with Gasteiger partial charge in [0, 0.05) is 18.6 Å². The molecule has 2 rings (SSSR count). The Morgan fingerprint density at radius 1 is 1.37 bits per heavy atom. The van der Waals surface area contributed by atoms with E-state index in [2.05, 4.69) is 53.7 Å². The highest BCUT2D eigenvalue weighted by molar-refractivity contribution is 7.98. The molecular formula is C16H26N2S. The van der Waals surface area contributed by atoms with Crippen molar-refractivity contribution in [3.63, 3.8) is 0 Å². The van der Waals surface area contributed by atoms with Gasteiger partial charge >= 0.3 is 0 Å². The molecule has 0 spiro atoms. The molecule has 2 nitrogen and oxygen atoms in total. The van der Waals surface area contributed by atoms with Crippen LogP contribution in [0.2, 0.25) is 0 Å². The third-order valence-electron chi connectivity index (χ3n) is 3.99. The van der Waals surface area contributed by atoms with Gasteiger partial charge in [-0.3, -0.25) is 4.90 Å². The van der Waals surface area contributed by atoms with Gasteiger partial charge in [-0.05, 0) is 50.4 Å². The monoisotopic (exact) mass is 278 g/mol. The molecule has 0 saturated carbocycles. The average molecular weight is 278 g/mol. The van der Waals surface area contributed by atoms with E-state index in [0.717, 1.165) is 13.1 Å². The molecule has 2 atom stereocenters. The highest BCUT2D eigenvalue weighted by atomic mass is 32.2. The van der Waals surface area contributed by atoms with Crippen LogP contribution in [0, 0.1) is 0 Å². The van der Waals surface area contributed by atoms with Crippen LogP contribution in [0.3, 0.4) is 0 Å². The predicted octanol–water partition coefficient (Wildman–Crippen LogP) is 3.16. The molecule has 1 fully saturated rings. The Hall–Kier alpha value is -0.510. The predicted molar refractivity (Wildman–Crippen MR) is 85.8 cm³/mol. The number of thioether (sulfide) groups is 1. The molecule has 0 aliphatic carbocycles. The Labute approximate surface area is 122 Å². The van der Waals surface area contributed by atoms with Crippen molar-refractivity contribution >= 4 is 11.8 Å². The molecular weight excluding hydrogens is 252 g/mol. The van der Waals surface area contributed by atoms with Gasteiger partial charge in [0.05, 0.1) is 0 Å². The minimum atomic E-state index is 0.487. The largest absolute Gasteiger partial charge is 0.309 e. The summed E-state index contributed by atoms with van der Waals surface area (Å²) in [6.45, 7) is 5.88. The first-order valence-corrected chi connectivity index (χ1v) is 8.72. The highest BCUT2D eigenvalue weighted by Gasteiger charge is 2.22. The van der Waals surface area contributed by atoms with E-state index >= 15 is 0 Å². The van der Waals surface area contributed by atoms with E-state index in [0.29, 0.717) is 12.1 Å². The number of rotatable bonds is 5. The molecule has 1 aromatic rings. The normalized spacial score (nSPS) is 22.9. The summed E-state index contributed by atoms with van der Waals surface area (Å²) in [7, 11) is 0. The van der Waals surface area contributed by atoms with Gasteiger partial charge in [0.15, 0.2) is 0 Å². The number of benzene rings is 1. The standard InChI is InChI=1S/C16H26N2S/c1-14(9-12-19-2)18-11-6-10-17-16(13-18)15-7-4-3-5-8-15/h3-5,7-8,14,16-17H,6,9-13H2,1-2H3. The second kappa shape index (κ2) is 7.93. The van der Waals surface area contributed by atoms with Gasteiger partial charge < -0.3 is 5.32 Å². The lowest BCUT2D eigenvalue weighted by molar-refractivity contribution is 0.202. The summed E-state index contributed by atoms with van der Waals surface area (Å²) in [6.07, 6.45) is 4.75. The molecule has 3 heteroatoms. The van der Waals surface area contributed by atoms with E-state index in [-0.39, 0.29) is 0 Å². The van der Waals surface area contributed by atoms with Crippen LogP contribution < -0.4 is 5.32 Å². The Morgan fingerprint density at radius 3 is 2.89 bits per heavy atom. The number of nitrogens with one attached hydrogen (secondary N) is 1. The molecule has 0 bridgehead atoms. The van der Waals surface area contributed by atoms with Gasteiger partial charge in [-0.25, -0.2) is 0 Å². The van der Waals surface area contributed by atoms with Crippen molar-refractivity contribution in [2.45, 2.75) is 31.8 Å². The van der Waals surface area contributed by atoms with Crippen LogP contribution >= 0.6 is 11.8 Å². The van der Waals surface area contributed by atoms with Crippen molar-refractivity contribution in [1.82, 2.24) is 10.2 Å². The lowest BCUT2D eigenvalue weighted by atomic mass is 10.1. The molecule has 1 heterocycles. The molecule has 106 valence electrons. The van der Waals surface area contributed by atoms with Gasteiger partial charge in [0.2, 0.25) is 0 Å². The second-order valence-corrected chi connectivity index (χ2v) is 6.38. The van der Waals surface area contributed by atoms with E-state index in [4.69, 9.17) is 0 Å². The van der Waals surface area contributed by atoms with Crippen LogP contribution in [0.15, 0.2) is 30.3 Å². The Bertz CT molecular complexity index is 355. The van der Waals surface area contributed by atoms with Gasteiger partial charge in [-0.2, -0.15) is 11.8 Å². The molecule has 1 N–H and O–H groups in total. The molecule has 1 aromatic carbocycles. The van der Waals surface area contributed by atoms with Crippen molar-refractivity contribution in [1.29, 1.82) is 0 Å². The molecule has 0 aromatic heterocycles. The lowest BCUT2D eigenvalue weighted by Crippen LogP contribution is -2.37. The highest BCUT2D eigenvalue weighted by Crippen LogP contribution is 2.19. The first-order valence-electron chi connectivity index (χ1n) is 7.32. The smallest absolute Gasteiger partial charge is 0.0449 e. The van der Waals surface area contributed by atoms with Crippen molar-refractivity contribution < 1.29 is 0 Å². The van der Waals surface area contributed by atoms with Gasteiger partial charge in [0.1, 0.15) is 0 Å². The molecule has 1 saturated heterocycles. The van der Waals surface area contributed by atoms with E-state index in [1.54, 1.807) is 0 Å². The third kappa shape index (κ3) is 4.51. The van der Waals surface area contributed by atoms with E-state index < -0.39 is 0 Å². The van der Waals surface area contributed by atoms with Crippen molar-refractivity contribution in [3.8, 4) is 0 Å². The molecule has 1 aliphatic heterocycles. The maximum Gasteiger partial charge on any atom is 0.0449 e. The minimum absolute atomic E-state index is 0.487. The van der Waals surface area contributed by atoms with Crippen LogP contribution in [-0.4, -0.2) is 42.6 Å². The van der Waals surface area contributed by atoms with E-state index in [9.17, 15) is 0 Å². The maximum absolute atomic E-state index is 3.69. The molecule has 0 radical (unpaired) electrons. The fourth-order valence-corrected chi connectivity index (χ4v) is 3.31. The Balaban J connectivity index is 1.98. The molecule has 0 amide bonds.